The third-order valence-electron chi connectivity index (χ3n) is 2.93. The molecule has 0 aliphatic heterocycles. The molecule has 9 heteroatoms. The Morgan fingerprint density at radius 2 is 1.67 bits per heavy atom. The molecule has 0 atom stereocenters. The highest BCUT2D eigenvalue weighted by molar-refractivity contribution is 5.74. The normalized spacial score (nSPS) is 11.0. The van der Waals surface area contributed by atoms with Gasteiger partial charge in [-0.25, -0.2) is 14.6 Å². The lowest BCUT2D eigenvalue weighted by molar-refractivity contribution is 0.314. The van der Waals surface area contributed by atoms with Gasteiger partial charge < -0.3 is 14.3 Å². The van der Waals surface area contributed by atoms with Gasteiger partial charge in [-0.15, -0.1) is 0 Å². The fourth-order valence-corrected chi connectivity index (χ4v) is 1.98. The molecule has 9 nitrogen and oxygen atoms in total. The van der Waals surface area contributed by atoms with Crippen LogP contribution in [-0.2, 0) is 6.54 Å². The molecule has 0 fully saturated rings. The summed E-state index contributed by atoms with van der Waals surface area (Å²) >= 11 is 0. The summed E-state index contributed by atoms with van der Waals surface area (Å²) in [7, 11) is 5.67. The lowest BCUT2D eigenvalue weighted by atomic mass is 10.3. The van der Waals surface area contributed by atoms with Gasteiger partial charge in [0.05, 0.1) is 12.2 Å². The summed E-state index contributed by atoms with van der Waals surface area (Å²) in [5, 5.41) is 11.3. The molecule has 3 heterocycles. The first-order valence-electron chi connectivity index (χ1n) is 6.35. The Morgan fingerprint density at radius 1 is 1.00 bits per heavy atom. The second kappa shape index (κ2) is 5.00. The van der Waals surface area contributed by atoms with Crippen LogP contribution in [0.5, 0.6) is 0 Å². The lowest BCUT2D eigenvalue weighted by Gasteiger charge is -2.21. The van der Waals surface area contributed by atoms with Gasteiger partial charge in [0.1, 0.15) is 0 Å². The maximum atomic E-state index is 5.23. The molecular formula is C12H15N7O2. The molecule has 3 aromatic rings. The third-order valence-corrected chi connectivity index (χ3v) is 2.93. The van der Waals surface area contributed by atoms with Gasteiger partial charge >= 0.3 is 0 Å². The zero-order chi connectivity index (χ0) is 15.0. The minimum atomic E-state index is 0.371. The van der Waals surface area contributed by atoms with Crippen LogP contribution in [0.4, 0.5) is 11.6 Å². The van der Waals surface area contributed by atoms with E-state index in [0.717, 1.165) is 11.5 Å². The third kappa shape index (κ3) is 2.49. The Kier molecular flexibility index (Phi) is 3.16. The number of rotatable bonds is 4. The van der Waals surface area contributed by atoms with Crippen molar-refractivity contribution in [2.45, 2.75) is 13.5 Å². The van der Waals surface area contributed by atoms with Gasteiger partial charge in [0.2, 0.25) is 11.3 Å². The zero-order valence-corrected chi connectivity index (χ0v) is 12.2. The molecule has 0 amide bonds. The van der Waals surface area contributed by atoms with Crippen LogP contribution in [0.15, 0.2) is 15.2 Å². The molecule has 21 heavy (non-hydrogen) atoms. The molecule has 110 valence electrons. The van der Waals surface area contributed by atoms with Crippen LogP contribution in [0.1, 0.15) is 11.5 Å². The standard InChI is InChI=1S/C12H15N7O2/c1-7-5-8(20-15-7)6-19(4)12-11(18(2)3)13-9-10(14-12)17-21-16-9/h5H,6H2,1-4H3. The van der Waals surface area contributed by atoms with Crippen molar-refractivity contribution >= 4 is 22.9 Å². The average Bonchev–Trinajstić information content (AvgIpc) is 3.05. The Labute approximate surface area is 120 Å². The van der Waals surface area contributed by atoms with Crippen molar-refractivity contribution in [1.82, 2.24) is 25.4 Å². The fraction of sp³-hybridized carbons (Fsp3) is 0.417. The zero-order valence-electron chi connectivity index (χ0n) is 12.2. The van der Waals surface area contributed by atoms with Gasteiger partial charge in [-0.1, -0.05) is 5.16 Å². The first-order chi connectivity index (χ1) is 10.0. The Hall–Kier alpha value is -2.71. The van der Waals surface area contributed by atoms with Crippen molar-refractivity contribution in [3.05, 3.63) is 17.5 Å². The number of nitrogens with zero attached hydrogens (tertiary/aromatic N) is 7. The van der Waals surface area contributed by atoms with Crippen molar-refractivity contribution in [2.75, 3.05) is 30.9 Å². The second-order valence-electron chi connectivity index (χ2n) is 4.97. The first kappa shape index (κ1) is 13.3. The van der Waals surface area contributed by atoms with Crippen LogP contribution in [0.3, 0.4) is 0 Å². The van der Waals surface area contributed by atoms with E-state index in [1.54, 1.807) is 0 Å². The quantitative estimate of drug-likeness (QED) is 0.696. The number of aromatic nitrogens is 5. The second-order valence-corrected chi connectivity index (χ2v) is 4.97. The molecule has 0 bridgehead atoms. The Bertz CT molecular complexity index is 764. The Morgan fingerprint density at radius 3 is 2.24 bits per heavy atom. The van der Waals surface area contributed by atoms with E-state index in [0.29, 0.717) is 29.5 Å². The first-order valence-corrected chi connectivity index (χ1v) is 6.35. The molecule has 3 aromatic heterocycles. The average molecular weight is 289 g/mol. The molecule has 0 radical (unpaired) electrons. The summed E-state index contributed by atoms with van der Waals surface area (Å²) in [6, 6.07) is 1.88. The van der Waals surface area contributed by atoms with Gasteiger partial charge in [0.25, 0.3) is 0 Å². The van der Waals surface area contributed by atoms with Gasteiger partial charge in [0, 0.05) is 27.2 Å². The highest BCUT2D eigenvalue weighted by Crippen LogP contribution is 2.26. The number of anilines is 2. The summed E-state index contributed by atoms with van der Waals surface area (Å²) in [6.07, 6.45) is 0. The molecule has 0 saturated heterocycles. The van der Waals surface area contributed by atoms with Crippen molar-refractivity contribution in [1.29, 1.82) is 0 Å². The molecule has 0 spiro atoms. The summed E-state index contributed by atoms with van der Waals surface area (Å²) in [5.41, 5.74) is 1.59. The molecule has 3 rings (SSSR count). The molecule has 0 aromatic carbocycles. The topological polar surface area (TPSA) is 97.2 Å². The molecule has 0 aliphatic rings. The number of aryl methyl sites for hydroxylation is 1. The van der Waals surface area contributed by atoms with Crippen molar-refractivity contribution < 1.29 is 9.15 Å². The van der Waals surface area contributed by atoms with Crippen molar-refractivity contribution in [2.24, 2.45) is 0 Å². The SMILES string of the molecule is Cc1cc(CN(C)c2nc3nonc3nc2N(C)C)on1. The fourth-order valence-electron chi connectivity index (χ4n) is 1.98. The van der Waals surface area contributed by atoms with Crippen LogP contribution in [0, 0.1) is 6.92 Å². The maximum absolute atomic E-state index is 5.23. The van der Waals surface area contributed by atoms with Crippen LogP contribution in [-0.4, -0.2) is 46.6 Å². The predicted molar refractivity (Wildman–Crippen MR) is 75.1 cm³/mol. The summed E-state index contributed by atoms with van der Waals surface area (Å²) in [6.45, 7) is 2.40. The van der Waals surface area contributed by atoms with Gasteiger partial charge in [-0.05, 0) is 17.2 Å². The molecular weight excluding hydrogens is 274 g/mol. The molecule has 0 saturated carbocycles. The van der Waals surface area contributed by atoms with Crippen LogP contribution in [0.2, 0.25) is 0 Å². The van der Waals surface area contributed by atoms with Crippen LogP contribution < -0.4 is 9.80 Å². The monoisotopic (exact) mass is 289 g/mol. The van der Waals surface area contributed by atoms with E-state index in [4.69, 9.17) is 4.52 Å². The van der Waals surface area contributed by atoms with E-state index < -0.39 is 0 Å². The lowest BCUT2D eigenvalue weighted by Crippen LogP contribution is -2.22. The van der Waals surface area contributed by atoms with Gasteiger partial charge in [0.15, 0.2) is 17.4 Å². The molecule has 0 unspecified atom stereocenters. The van der Waals surface area contributed by atoms with Crippen molar-refractivity contribution in [3.63, 3.8) is 0 Å². The van der Waals surface area contributed by atoms with E-state index >= 15 is 0 Å². The van der Waals surface area contributed by atoms with E-state index in [9.17, 15) is 0 Å². The largest absolute Gasteiger partial charge is 0.360 e. The Balaban J connectivity index is 1.98. The summed E-state index contributed by atoms with van der Waals surface area (Å²) in [5.74, 6) is 2.09. The minimum absolute atomic E-state index is 0.371. The predicted octanol–water partition coefficient (Wildman–Crippen LogP) is 1.01. The highest BCUT2D eigenvalue weighted by Gasteiger charge is 2.18. The summed E-state index contributed by atoms with van der Waals surface area (Å²) < 4.78 is 9.89. The molecule has 0 N–H and O–H groups in total. The van der Waals surface area contributed by atoms with Gasteiger partial charge in [-0.3, -0.25) is 0 Å². The van der Waals surface area contributed by atoms with Crippen LogP contribution in [0.25, 0.3) is 11.3 Å². The van der Waals surface area contributed by atoms with Crippen LogP contribution >= 0.6 is 0 Å². The number of hydrogen-bond donors (Lipinski definition) is 0. The van der Waals surface area contributed by atoms with E-state index in [2.05, 4.69) is 30.1 Å². The van der Waals surface area contributed by atoms with E-state index in [1.165, 1.54) is 0 Å². The minimum Gasteiger partial charge on any atom is -0.360 e. The molecule has 0 aliphatic carbocycles. The smallest absolute Gasteiger partial charge is 0.245 e. The number of hydrogen-bond acceptors (Lipinski definition) is 9. The summed E-state index contributed by atoms with van der Waals surface area (Å²) in [4.78, 5) is 12.6. The van der Waals surface area contributed by atoms with Crippen molar-refractivity contribution in [3.8, 4) is 0 Å². The number of fused-ring (bicyclic) bond motifs is 1. The maximum Gasteiger partial charge on any atom is 0.245 e. The van der Waals surface area contributed by atoms with E-state index in [1.807, 2.05) is 43.9 Å². The van der Waals surface area contributed by atoms with Gasteiger partial charge in [-0.2, -0.15) is 0 Å². The highest BCUT2D eigenvalue weighted by atomic mass is 16.6. The van der Waals surface area contributed by atoms with E-state index in [-0.39, 0.29) is 0 Å².